The minimum Gasteiger partial charge on any atom is -0.453 e. The molecule has 2 aliphatic rings. The number of likely N-dealkylation sites (tertiary alicyclic amines) is 2. The summed E-state index contributed by atoms with van der Waals surface area (Å²) in [5.74, 6) is 1.28. The first kappa shape index (κ1) is 36.4. The quantitative estimate of drug-likeness (QED) is 0.153. The fourth-order valence-corrected chi connectivity index (χ4v) is 7.22. The number of hydrogen-bond donors (Lipinski definition) is 4. The van der Waals surface area contributed by atoms with Gasteiger partial charge in [-0.25, -0.2) is 19.6 Å². The number of benzene rings is 2. The number of amides is 4. The molecule has 4 heterocycles. The SMILES string of the molecule is COC(=O)NCC(C)CC(=O)N1CCCC1c1ncc(-c2ccc(-c3ccc4nc(C5CCCN5C(=O)C(NC(=O)OC)C(C)C)[nH]c4c3)cc2)[nH]1. The van der Waals surface area contributed by atoms with E-state index in [1.165, 1.54) is 14.2 Å². The third kappa shape index (κ3) is 7.90. The molecule has 2 aliphatic heterocycles. The first-order valence-electron chi connectivity index (χ1n) is 18.0. The monoisotopic (exact) mass is 712 g/mol. The Hall–Kier alpha value is -5.40. The van der Waals surface area contributed by atoms with Crippen LogP contribution >= 0.6 is 0 Å². The number of nitrogens with zero attached hydrogens (tertiary/aromatic N) is 4. The Bertz CT molecular complexity index is 1900. The molecule has 276 valence electrons. The van der Waals surface area contributed by atoms with Gasteiger partial charge in [-0.05, 0) is 66.3 Å². The molecule has 2 aromatic carbocycles. The fourth-order valence-electron chi connectivity index (χ4n) is 7.22. The molecule has 52 heavy (non-hydrogen) atoms. The smallest absolute Gasteiger partial charge is 0.407 e. The summed E-state index contributed by atoms with van der Waals surface area (Å²) in [6.45, 7) is 7.38. The number of aromatic nitrogens is 4. The van der Waals surface area contributed by atoms with Crippen molar-refractivity contribution in [3.05, 3.63) is 60.3 Å². The fraction of sp³-hybridized carbons (Fsp3) is 0.474. The summed E-state index contributed by atoms with van der Waals surface area (Å²) >= 11 is 0. The van der Waals surface area contributed by atoms with Gasteiger partial charge in [0, 0.05) is 26.1 Å². The molecule has 2 aromatic heterocycles. The minimum absolute atomic E-state index is 0.0243. The topological polar surface area (TPSA) is 175 Å². The van der Waals surface area contributed by atoms with Crippen molar-refractivity contribution in [1.82, 2.24) is 40.4 Å². The average Bonchev–Trinajstić information content (AvgIpc) is 3.97. The molecule has 14 heteroatoms. The van der Waals surface area contributed by atoms with Crippen LogP contribution in [0.2, 0.25) is 0 Å². The maximum Gasteiger partial charge on any atom is 0.407 e. The lowest BCUT2D eigenvalue weighted by Crippen LogP contribution is -2.51. The van der Waals surface area contributed by atoms with Crippen LogP contribution in [0.3, 0.4) is 0 Å². The highest BCUT2D eigenvalue weighted by Gasteiger charge is 2.38. The third-order valence-corrected chi connectivity index (χ3v) is 10.1. The van der Waals surface area contributed by atoms with Crippen LogP contribution in [0.4, 0.5) is 9.59 Å². The number of ether oxygens (including phenoxy) is 2. The van der Waals surface area contributed by atoms with Crippen molar-refractivity contribution in [3.8, 4) is 22.4 Å². The second kappa shape index (κ2) is 15.9. The molecule has 2 fully saturated rings. The van der Waals surface area contributed by atoms with Gasteiger partial charge in [0.15, 0.2) is 0 Å². The number of carbonyl (C=O) groups excluding carboxylic acids is 4. The molecule has 0 radical (unpaired) electrons. The molecule has 0 spiro atoms. The number of imidazole rings is 2. The molecule has 2 saturated heterocycles. The Morgan fingerprint density at radius 3 is 2.19 bits per heavy atom. The lowest BCUT2D eigenvalue weighted by molar-refractivity contribution is -0.135. The highest BCUT2D eigenvalue weighted by molar-refractivity contribution is 5.87. The van der Waals surface area contributed by atoms with E-state index < -0.39 is 18.2 Å². The first-order valence-corrected chi connectivity index (χ1v) is 18.0. The Morgan fingerprint density at radius 1 is 0.846 bits per heavy atom. The summed E-state index contributed by atoms with van der Waals surface area (Å²) in [6, 6.07) is 13.3. The number of aromatic amines is 2. The van der Waals surface area contributed by atoms with Crippen LogP contribution in [0.25, 0.3) is 33.4 Å². The molecule has 14 nitrogen and oxygen atoms in total. The van der Waals surface area contributed by atoms with E-state index >= 15 is 0 Å². The summed E-state index contributed by atoms with van der Waals surface area (Å²) in [7, 11) is 2.61. The van der Waals surface area contributed by atoms with Crippen LogP contribution in [-0.2, 0) is 19.1 Å². The average molecular weight is 713 g/mol. The van der Waals surface area contributed by atoms with Crippen molar-refractivity contribution in [2.75, 3.05) is 33.9 Å². The van der Waals surface area contributed by atoms with Crippen molar-refractivity contribution in [1.29, 1.82) is 0 Å². The van der Waals surface area contributed by atoms with E-state index in [4.69, 9.17) is 9.72 Å². The number of hydrogen-bond acceptors (Lipinski definition) is 8. The van der Waals surface area contributed by atoms with Gasteiger partial charge >= 0.3 is 12.2 Å². The van der Waals surface area contributed by atoms with Gasteiger partial charge in [-0.3, -0.25) is 9.59 Å². The lowest BCUT2D eigenvalue weighted by atomic mass is 10.0. The second-order valence-electron chi connectivity index (χ2n) is 14.1. The predicted molar refractivity (Wildman–Crippen MR) is 195 cm³/mol. The zero-order valence-corrected chi connectivity index (χ0v) is 30.4. The van der Waals surface area contributed by atoms with Gasteiger partial charge in [-0.15, -0.1) is 0 Å². The highest BCUT2D eigenvalue weighted by Crippen LogP contribution is 2.35. The standard InChI is InChI=1S/C38H48N8O6/c1-22(2)33(44-38(50)52-5)36(48)46-17-7-9-31(46)35-41-27-15-14-26(19-28(27)42-35)24-10-12-25(13-11-24)29-21-39-34(43-29)30-8-6-16-45(30)32(47)18-23(3)20-40-37(49)51-4/h10-15,19,21-23,30-31,33H,6-9,16-18,20H2,1-5H3,(H,39,43)(H,40,49)(H,41,42)(H,44,50). The number of fused-ring (bicyclic) bond motifs is 1. The van der Waals surface area contributed by atoms with Gasteiger partial charge in [-0.1, -0.05) is 51.1 Å². The molecule has 4 aromatic rings. The number of carbonyl (C=O) groups is 4. The van der Waals surface area contributed by atoms with Gasteiger partial charge < -0.3 is 39.9 Å². The van der Waals surface area contributed by atoms with Gasteiger partial charge in [0.2, 0.25) is 11.8 Å². The highest BCUT2D eigenvalue weighted by atomic mass is 16.5. The summed E-state index contributed by atoms with van der Waals surface area (Å²) in [5, 5.41) is 5.36. The molecule has 4 amide bonds. The van der Waals surface area contributed by atoms with Crippen molar-refractivity contribution < 1.29 is 28.7 Å². The van der Waals surface area contributed by atoms with Crippen LogP contribution in [0, 0.1) is 11.8 Å². The number of nitrogens with one attached hydrogen (secondary N) is 4. The van der Waals surface area contributed by atoms with E-state index in [0.717, 1.165) is 70.7 Å². The van der Waals surface area contributed by atoms with Crippen molar-refractivity contribution in [2.24, 2.45) is 11.8 Å². The summed E-state index contributed by atoms with van der Waals surface area (Å²) in [5.41, 5.74) is 5.63. The van der Waals surface area contributed by atoms with E-state index in [0.29, 0.717) is 26.1 Å². The van der Waals surface area contributed by atoms with Crippen LogP contribution in [0.1, 0.15) is 76.6 Å². The Labute approximate surface area is 303 Å². The second-order valence-corrected chi connectivity index (χ2v) is 14.1. The molecule has 0 bridgehead atoms. The van der Waals surface area contributed by atoms with Gasteiger partial charge in [0.1, 0.15) is 17.7 Å². The molecule has 4 unspecified atom stereocenters. The van der Waals surface area contributed by atoms with E-state index in [1.807, 2.05) is 48.9 Å². The van der Waals surface area contributed by atoms with Gasteiger partial charge in [-0.2, -0.15) is 0 Å². The van der Waals surface area contributed by atoms with E-state index in [9.17, 15) is 19.2 Å². The first-order chi connectivity index (χ1) is 25.1. The Kier molecular flexibility index (Phi) is 11.1. The van der Waals surface area contributed by atoms with Crippen LogP contribution < -0.4 is 10.6 Å². The maximum atomic E-state index is 13.6. The molecular weight excluding hydrogens is 664 g/mol. The molecule has 4 atom stereocenters. The van der Waals surface area contributed by atoms with E-state index in [2.05, 4.69) is 60.7 Å². The Morgan fingerprint density at radius 2 is 1.50 bits per heavy atom. The van der Waals surface area contributed by atoms with Crippen molar-refractivity contribution in [2.45, 2.75) is 71.0 Å². The largest absolute Gasteiger partial charge is 0.453 e. The van der Waals surface area contributed by atoms with Crippen LogP contribution in [0.5, 0.6) is 0 Å². The number of rotatable bonds is 11. The Balaban J connectivity index is 1.12. The normalized spacial score (nSPS) is 18.4. The molecule has 4 N–H and O–H groups in total. The number of H-pyrrole nitrogens is 2. The summed E-state index contributed by atoms with van der Waals surface area (Å²) in [4.78, 5) is 70.3. The summed E-state index contributed by atoms with van der Waals surface area (Å²) in [6.07, 6.45) is 4.39. The maximum absolute atomic E-state index is 13.6. The molecular formula is C38H48N8O6. The molecule has 0 aliphatic carbocycles. The third-order valence-electron chi connectivity index (χ3n) is 10.1. The minimum atomic E-state index is -0.690. The van der Waals surface area contributed by atoms with Crippen molar-refractivity contribution >= 4 is 35.0 Å². The molecule has 6 rings (SSSR count). The van der Waals surface area contributed by atoms with Gasteiger partial charge in [0.05, 0.1) is 49.2 Å². The van der Waals surface area contributed by atoms with Crippen LogP contribution in [-0.4, -0.2) is 93.6 Å². The summed E-state index contributed by atoms with van der Waals surface area (Å²) < 4.78 is 9.39. The zero-order valence-electron chi connectivity index (χ0n) is 30.4. The van der Waals surface area contributed by atoms with E-state index in [-0.39, 0.29) is 35.7 Å². The van der Waals surface area contributed by atoms with Crippen LogP contribution in [0.15, 0.2) is 48.7 Å². The lowest BCUT2D eigenvalue weighted by Gasteiger charge is -2.29. The number of methoxy groups -OCH3 is 2. The van der Waals surface area contributed by atoms with Gasteiger partial charge in [0.25, 0.3) is 0 Å². The predicted octanol–water partition coefficient (Wildman–Crippen LogP) is 5.71. The zero-order chi connectivity index (χ0) is 36.9. The van der Waals surface area contributed by atoms with E-state index in [1.54, 1.807) is 0 Å². The number of alkyl carbamates (subject to hydrolysis) is 2. The van der Waals surface area contributed by atoms with Crippen molar-refractivity contribution in [3.63, 3.8) is 0 Å². The molecule has 0 saturated carbocycles.